The number of carbonyl (C=O) groups is 1. The van der Waals surface area contributed by atoms with Crippen LogP contribution in [0.3, 0.4) is 0 Å². The van der Waals surface area contributed by atoms with Crippen LogP contribution in [-0.2, 0) is 4.79 Å². The second kappa shape index (κ2) is 6.54. The summed E-state index contributed by atoms with van der Waals surface area (Å²) in [6.45, 7) is 7.70. The fourth-order valence-electron chi connectivity index (χ4n) is 2.18. The van der Waals surface area contributed by atoms with Gasteiger partial charge in [-0.05, 0) is 27.2 Å². The molecule has 0 spiro atoms. The Morgan fingerprint density at radius 1 is 1.50 bits per heavy atom. The first-order valence-corrected chi connectivity index (χ1v) is 6.39. The molecule has 1 aromatic rings. The zero-order valence-corrected chi connectivity index (χ0v) is 11.5. The van der Waals surface area contributed by atoms with Gasteiger partial charge in [0, 0.05) is 11.6 Å². The minimum absolute atomic E-state index is 0.0748. The maximum atomic E-state index is 11.2. The molecule has 18 heavy (non-hydrogen) atoms. The lowest BCUT2D eigenvalue weighted by atomic mass is 10.0. The topological polar surface area (TPSA) is 75.4 Å². The van der Waals surface area contributed by atoms with E-state index in [9.17, 15) is 9.90 Å². The molecule has 5 heteroatoms. The van der Waals surface area contributed by atoms with Gasteiger partial charge in [0.2, 0.25) is 0 Å². The molecule has 0 amide bonds. The molecule has 5 nitrogen and oxygen atoms in total. The first kappa shape index (κ1) is 14.7. The van der Waals surface area contributed by atoms with Crippen LogP contribution in [0.15, 0.2) is 4.52 Å². The Kier molecular flexibility index (Phi) is 5.34. The zero-order valence-electron chi connectivity index (χ0n) is 11.5. The number of unbranched alkanes of at least 4 members (excludes halogenated alkanes) is 1. The Balaban J connectivity index is 2.72. The van der Waals surface area contributed by atoms with Gasteiger partial charge in [-0.25, -0.2) is 0 Å². The molecule has 0 saturated carbocycles. The maximum Gasteiger partial charge on any atom is 0.320 e. The Bertz CT molecular complexity index is 381. The molecule has 0 aromatic carbocycles. The van der Waals surface area contributed by atoms with Gasteiger partial charge in [-0.15, -0.1) is 0 Å². The molecule has 0 aliphatic heterocycles. The second-order valence-corrected chi connectivity index (χ2v) is 4.66. The van der Waals surface area contributed by atoms with Crippen LogP contribution in [-0.4, -0.2) is 22.3 Å². The first-order chi connectivity index (χ1) is 8.47. The van der Waals surface area contributed by atoms with E-state index in [0.29, 0.717) is 6.42 Å². The summed E-state index contributed by atoms with van der Waals surface area (Å²) in [5.74, 6) is -0.0609. The summed E-state index contributed by atoms with van der Waals surface area (Å²) in [7, 11) is 0. The number of hydrogen-bond donors (Lipinski definition) is 2. The van der Waals surface area contributed by atoms with Gasteiger partial charge in [0.25, 0.3) is 0 Å². The van der Waals surface area contributed by atoms with Crippen LogP contribution in [0.25, 0.3) is 0 Å². The maximum absolute atomic E-state index is 11.2. The van der Waals surface area contributed by atoms with Crippen LogP contribution in [0.2, 0.25) is 0 Å². The van der Waals surface area contributed by atoms with Crippen molar-refractivity contribution in [1.82, 2.24) is 10.5 Å². The summed E-state index contributed by atoms with van der Waals surface area (Å²) in [6.07, 6.45) is 2.53. The van der Waals surface area contributed by atoms with E-state index >= 15 is 0 Å². The molecule has 1 rings (SSSR count). The molecule has 0 fully saturated rings. The molecule has 0 aliphatic carbocycles. The predicted molar refractivity (Wildman–Crippen MR) is 68.5 cm³/mol. The van der Waals surface area contributed by atoms with E-state index in [0.717, 1.165) is 29.9 Å². The molecule has 0 bridgehead atoms. The minimum atomic E-state index is -0.804. The Morgan fingerprint density at radius 3 is 2.61 bits per heavy atom. The number of carboxylic acid groups (broad SMARTS) is 1. The number of nitrogens with zero attached hydrogens (tertiary/aromatic N) is 1. The largest absolute Gasteiger partial charge is 0.480 e. The molecule has 1 aromatic heterocycles. The van der Waals surface area contributed by atoms with Gasteiger partial charge >= 0.3 is 5.97 Å². The van der Waals surface area contributed by atoms with E-state index < -0.39 is 12.0 Å². The van der Waals surface area contributed by atoms with Gasteiger partial charge in [0.05, 0.1) is 5.69 Å². The van der Waals surface area contributed by atoms with Crippen LogP contribution < -0.4 is 5.32 Å². The third kappa shape index (κ3) is 3.57. The summed E-state index contributed by atoms with van der Waals surface area (Å²) in [4.78, 5) is 11.2. The standard InChI is InChI=1S/C13H22N2O3/c1-5-6-7-11(13(16)17)14-8(2)12-9(3)15-18-10(12)4/h8,11,14H,5-7H2,1-4H3,(H,16,17). The summed E-state index contributed by atoms with van der Waals surface area (Å²) < 4.78 is 5.10. The Labute approximate surface area is 108 Å². The highest BCUT2D eigenvalue weighted by Gasteiger charge is 2.23. The van der Waals surface area contributed by atoms with E-state index in [4.69, 9.17) is 4.52 Å². The monoisotopic (exact) mass is 254 g/mol. The second-order valence-electron chi connectivity index (χ2n) is 4.66. The highest BCUT2D eigenvalue weighted by molar-refractivity contribution is 5.73. The highest BCUT2D eigenvalue weighted by Crippen LogP contribution is 2.21. The molecule has 1 heterocycles. The number of rotatable bonds is 7. The number of aryl methyl sites for hydroxylation is 2. The van der Waals surface area contributed by atoms with E-state index in [1.54, 1.807) is 0 Å². The normalized spacial score (nSPS) is 14.4. The SMILES string of the molecule is CCCCC(NC(C)c1c(C)noc1C)C(=O)O. The Hall–Kier alpha value is -1.36. The zero-order chi connectivity index (χ0) is 13.7. The molecular weight excluding hydrogens is 232 g/mol. The van der Waals surface area contributed by atoms with E-state index in [2.05, 4.69) is 17.4 Å². The fourth-order valence-corrected chi connectivity index (χ4v) is 2.18. The summed E-state index contributed by atoms with van der Waals surface area (Å²) >= 11 is 0. The van der Waals surface area contributed by atoms with Gasteiger partial charge in [-0.3, -0.25) is 10.1 Å². The minimum Gasteiger partial charge on any atom is -0.480 e. The molecule has 0 saturated heterocycles. The highest BCUT2D eigenvalue weighted by atomic mass is 16.5. The van der Waals surface area contributed by atoms with Gasteiger partial charge in [0.1, 0.15) is 11.8 Å². The predicted octanol–water partition coefficient (Wildman–Crippen LogP) is 2.59. The third-order valence-corrected chi connectivity index (χ3v) is 3.12. The Morgan fingerprint density at radius 2 is 2.17 bits per heavy atom. The molecular formula is C13H22N2O3. The van der Waals surface area contributed by atoms with Gasteiger partial charge in [-0.1, -0.05) is 24.9 Å². The van der Waals surface area contributed by atoms with Crippen molar-refractivity contribution in [1.29, 1.82) is 0 Å². The molecule has 102 valence electrons. The van der Waals surface area contributed by atoms with Crippen molar-refractivity contribution in [3.05, 3.63) is 17.0 Å². The van der Waals surface area contributed by atoms with Crippen LogP contribution in [0, 0.1) is 13.8 Å². The van der Waals surface area contributed by atoms with Crippen molar-refractivity contribution in [3.8, 4) is 0 Å². The van der Waals surface area contributed by atoms with Crippen molar-refractivity contribution in [2.75, 3.05) is 0 Å². The lowest BCUT2D eigenvalue weighted by Gasteiger charge is -2.20. The molecule has 0 radical (unpaired) electrons. The van der Waals surface area contributed by atoms with Gasteiger partial charge in [-0.2, -0.15) is 0 Å². The van der Waals surface area contributed by atoms with Crippen LogP contribution in [0.5, 0.6) is 0 Å². The fraction of sp³-hybridized carbons (Fsp3) is 0.692. The van der Waals surface area contributed by atoms with E-state index in [-0.39, 0.29) is 6.04 Å². The number of aliphatic carboxylic acids is 1. The number of hydrogen-bond acceptors (Lipinski definition) is 4. The number of aromatic nitrogens is 1. The van der Waals surface area contributed by atoms with Crippen molar-refractivity contribution >= 4 is 5.97 Å². The first-order valence-electron chi connectivity index (χ1n) is 6.39. The van der Waals surface area contributed by atoms with Crippen molar-refractivity contribution in [3.63, 3.8) is 0 Å². The quantitative estimate of drug-likeness (QED) is 0.782. The summed E-state index contributed by atoms with van der Waals surface area (Å²) in [5.41, 5.74) is 1.77. The number of carboxylic acids is 1. The smallest absolute Gasteiger partial charge is 0.320 e. The molecule has 2 atom stereocenters. The van der Waals surface area contributed by atoms with E-state index in [1.165, 1.54) is 0 Å². The van der Waals surface area contributed by atoms with Crippen molar-refractivity contribution in [2.45, 2.75) is 59.0 Å². The third-order valence-electron chi connectivity index (χ3n) is 3.12. The van der Waals surface area contributed by atoms with E-state index in [1.807, 2.05) is 20.8 Å². The molecule has 2 N–H and O–H groups in total. The van der Waals surface area contributed by atoms with Crippen LogP contribution in [0.4, 0.5) is 0 Å². The van der Waals surface area contributed by atoms with Gasteiger partial charge < -0.3 is 9.63 Å². The molecule has 2 unspecified atom stereocenters. The average molecular weight is 254 g/mol. The summed E-state index contributed by atoms with van der Waals surface area (Å²) in [5, 5.41) is 16.2. The van der Waals surface area contributed by atoms with Gasteiger partial charge in [0.15, 0.2) is 0 Å². The van der Waals surface area contributed by atoms with Crippen molar-refractivity contribution < 1.29 is 14.4 Å². The molecule has 0 aliphatic rings. The number of nitrogens with one attached hydrogen (secondary N) is 1. The lowest BCUT2D eigenvalue weighted by Crippen LogP contribution is -2.38. The van der Waals surface area contributed by atoms with Crippen molar-refractivity contribution in [2.24, 2.45) is 0 Å². The summed E-state index contributed by atoms with van der Waals surface area (Å²) in [6, 6.07) is -0.595. The van der Waals surface area contributed by atoms with Crippen LogP contribution in [0.1, 0.15) is 56.2 Å². The average Bonchev–Trinajstić information content (AvgIpc) is 2.63. The lowest BCUT2D eigenvalue weighted by molar-refractivity contribution is -0.139. The van der Waals surface area contributed by atoms with Crippen LogP contribution >= 0.6 is 0 Å².